The molecule has 1 aromatic heterocycles. The molecule has 5 nitrogen and oxygen atoms in total. The van der Waals surface area contributed by atoms with Crippen LogP contribution in [0.1, 0.15) is 55.0 Å². The molecule has 0 aliphatic carbocycles. The summed E-state index contributed by atoms with van der Waals surface area (Å²) in [5.41, 5.74) is 3.15. The van der Waals surface area contributed by atoms with Gasteiger partial charge in [0.05, 0.1) is 17.9 Å². The van der Waals surface area contributed by atoms with E-state index in [0.29, 0.717) is 22.8 Å². The summed E-state index contributed by atoms with van der Waals surface area (Å²) in [7, 11) is 0. The summed E-state index contributed by atoms with van der Waals surface area (Å²) in [6.07, 6.45) is 4.64. The molecule has 2 aromatic carbocycles. The van der Waals surface area contributed by atoms with E-state index in [2.05, 4.69) is 33.6 Å². The summed E-state index contributed by atoms with van der Waals surface area (Å²) in [4.78, 5) is 5.00. The topological polar surface area (TPSA) is 55.1 Å². The van der Waals surface area contributed by atoms with E-state index in [1.165, 1.54) is 12.1 Å². The van der Waals surface area contributed by atoms with E-state index in [0.717, 1.165) is 48.7 Å². The van der Waals surface area contributed by atoms with E-state index in [1.807, 2.05) is 30.3 Å². The lowest BCUT2D eigenvalue weighted by Crippen LogP contribution is -2.19. The lowest BCUT2D eigenvalue weighted by atomic mass is 10.00. The van der Waals surface area contributed by atoms with Crippen LogP contribution in [0.3, 0.4) is 0 Å². The minimum Gasteiger partial charge on any atom is -0.310 e. The number of rotatable bonds is 8. The molecule has 0 radical (unpaired) electrons. The third kappa shape index (κ3) is 4.45. The van der Waals surface area contributed by atoms with Crippen LogP contribution in [0.2, 0.25) is 5.02 Å². The molecule has 1 N–H and O–H groups in total. The molecule has 3 aromatic rings. The van der Waals surface area contributed by atoms with Crippen molar-refractivity contribution in [2.45, 2.75) is 38.8 Å². The average Bonchev–Trinajstić information content (AvgIpc) is 3.12. The Morgan fingerprint density at radius 1 is 1.23 bits per heavy atom. The Kier molecular flexibility index (Phi) is 6.59. The Bertz CT molecular complexity index is 1120. The van der Waals surface area contributed by atoms with Crippen LogP contribution < -0.4 is 5.32 Å². The zero-order chi connectivity index (χ0) is 21.8. The fraction of sp³-hybridized carbons (Fsp3) is 0.292. The minimum atomic E-state index is -0.301. The maximum Gasteiger partial charge on any atom is 0.162 e. The number of allylic oxidation sites excluding steroid dienone is 1. The zero-order valence-electron chi connectivity index (χ0n) is 17.5. The second kappa shape index (κ2) is 9.54. The van der Waals surface area contributed by atoms with Crippen LogP contribution in [-0.2, 0) is 6.54 Å². The van der Waals surface area contributed by atoms with Gasteiger partial charge in [0.2, 0.25) is 0 Å². The quantitative estimate of drug-likeness (QED) is 0.378. The van der Waals surface area contributed by atoms with Gasteiger partial charge in [-0.1, -0.05) is 36.7 Å². The van der Waals surface area contributed by atoms with Gasteiger partial charge in [0.15, 0.2) is 11.6 Å². The predicted octanol–water partition coefficient (Wildman–Crippen LogP) is 5.42. The summed E-state index contributed by atoms with van der Waals surface area (Å²) in [5, 5.41) is 13.0. The number of fused-ring (bicyclic) bond motifs is 3. The number of unbranched alkanes of at least 4 members (excludes halogenated alkanes) is 1. The number of hydrogen-bond acceptors (Lipinski definition) is 4. The molecule has 31 heavy (non-hydrogen) atoms. The third-order valence-corrected chi connectivity index (χ3v) is 5.56. The molecule has 0 amide bonds. The molecule has 0 saturated carbocycles. The van der Waals surface area contributed by atoms with Crippen molar-refractivity contribution in [3.8, 4) is 5.69 Å². The Hall–Kier alpha value is -2.83. The van der Waals surface area contributed by atoms with E-state index in [4.69, 9.17) is 16.6 Å². The van der Waals surface area contributed by atoms with Gasteiger partial charge >= 0.3 is 0 Å². The van der Waals surface area contributed by atoms with Crippen LogP contribution in [0.25, 0.3) is 5.69 Å². The first kappa shape index (κ1) is 21.4. The van der Waals surface area contributed by atoms with E-state index in [-0.39, 0.29) is 11.9 Å². The number of nitrogens with one attached hydrogen (secondary N) is 1. The summed E-state index contributed by atoms with van der Waals surface area (Å²) in [6.45, 7) is 7.27. The van der Waals surface area contributed by atoms with E-state index in [9.17, 15) is 4.39 Å². The third-order valence-electron chi connectivity index (χ3n) is 5.32. The Morgan fingerprint density at radius 2 is 2.10 bits per heavy atom. The zero-order valence-corrected chi connectivity index (χ0v) is 18.2. The van der Waals surface area contributed by atoms with E-state index >= 15 is 0 Å². The fourth-order valence-electron chi connectivity index (χ4n) is 3.81. The molecule has 160 valence electrons. The minimum absolute atomic E-state index is 0.202. The summed E-state index contributed by atoms with van der Waals surface area (Å²) in [5.74, 6) is 1.29. The monoisotopic (exact) mass is 437 g/mol. The highest BCUT2D eigenvalue weighted by Gasteiger charge is 2.28. The van der Waals surface area contributed by atoms with E-state index < -0.39 is 0 Å². The molecule has 1 atom stereocenters. The lowest BCUT2D eigenvalue weighted by Gasteiger charge is -2.14. The highest BCUT2D eigenvalue weighted by Crippen LogP contribution is 2.33. The second-order valence-corrected chi connectivity index (χ2v) is 7.93. The molecule has 0 saturated heterocycles. The normalized spacial score (nSPS) is 15.1. The molecule has 1 unspecified atom stereocenters. The first-order valence-electron chi connectivity index (χ1n) is 10.5. The Labute approximate surface area is 186 Å². The van der Waals surface area contributed by atoms with Gasteiger partial charge in [0.1, 0.15) is 11.9 Å². The number of aromatic nitrogens is 3. The van der Waals surface area contributed by atoms with Crippen molar-refractivity contribution in [3.63, 3.8) is 0 Å². The molecule has 0 bridgehead atoms. The molecular formula is C24H25ClFN5. The predicted molar refractivity (Wildman–Crippen MR) is 123 cm³/mol. The molecule has 1 aliphatic rings. The first-order chi connectivity index (χ1) is 15.1. The van der Waals surface area contributed by atoms with Crippen molar-refractivity contribution < 1.29 is 4.39 Å². The van der Waals surface area contributed by atoms with Gasteiger partial charge in [0.25, 0.3) is 0 Å². The van der Waals surface area contributed by atoms with Crippen molar-refractivity contribution in [2.24, 2.45) is 4.99 Å². The Morgan fingerprint density at radius 3 is 2.87 bits per heavy atom. The molecule has 7 heteroatoms. The van der Waals surface area contributed by atoms with Crippen LogP contribution in [0.5, 0.6) is 0 Å². The van der Waals surface area contributed by atoms with Crippen LogP contribution in [0.15, 0.2) is 60.1 Å². The van der Waals surface area contributed by atoms with Crippen LogP contribution >= 0.6 is 11.6 Å². The van der Waals surface area contributed by atoms with Crippen LogP contribution in [-0.4, -0.2) is 27.0 Å². The molecule has 4 rings (SSSR count). The second-order valence-electron chi connectivity index (χ2n) is 7.49. The number of halogens is 2. The van der Waals surface area contributed by atoms with Crippen molar-refractivity contribution in [1.29, 1.82) is 0 Å². The SMILES string of the molecule is C=CCCCNCc1nnc2n1-c1ccc(Cl)cc1C(c1cccc(F)c1)=NC2CC. The van der Waals surface area contributed by atoms with Gasteiger partial charge in [-0.15, -0.1) is 16.8 Å². The summed E-state index contributed by atoms with van der Waals surface area (Å²) in [6, 6.07) is 12.0. The maximum absolute atomic E-state index is 14.0. The number of benzene rings is 2. The largest absolute Gasteiger partial charge is 0.310 e. The first-order valence-corrected chi connectivity index (χ1v) is 10.9. The average molecular weight is 438 g/mol. The molecule has 0 fully saturated rings. The summed E-state index contributed by atoms with van der Waals surface area (Å²) < 4.78 is 16.1. The lowest BCUT2D eigenvalue weighted by molar-refractivity contribution is 0.612. The van der Waals surface area contributed by atoms with Crippen molar-refractivity contribution in [1.82, 2.24) is 20.1 Å². The standard InChI is InChI=1S/C24H25ClFN5/c1-3-5-6-12-27-15-22-29-30-24-20(4-2)28-23(16-8-7-9-18(26)13-16)19-14-17(25)10-11-21(19)31(22)24/h3,7-11,13-14,20,27H,1,4-6,12,15H2,2H3. The van der Waals surface area contributed by atoms with Gasteiger partial charge in [0, 0.05) is 16.1 Å². The smallest absolute Gasteiger partial charge is 0.162 e. The highest BCUT2D eigenvalue weighted by atomic mass is 35.5. The molecular weight excluding hydrogens is 413 g/mol. The molecule has 2 heterocycles. The summed E-state index contributed by atoms with van der Waals surface area (Å²) >= 11 is 6.37. The Balaban J connectivity index is 1.81. The van der Waals surface area contributed by atoms with Crippen molar-refractivity contribution in [3.05, 3.63) is 88.7 Å². The van der Waals surface area contributed by atoms with Crippen molar-refractivity contribution >= 4 is 17.3 Å². The van der Waals surface area contributed by atoms with Crippen molar-refractivity contribution in [2.75, 3.05) is 6.54 Å². The maximum atomic E-state index is 14.0. The van der Waals surface area contributed by atoms with Gasteiger partial charge in [-0.25, -0.2) is 4.39 Å². The molecule has 1 aliphatic heterocycles. The van der Waals surface area contributed by atoms with E-state index in [1.54, 1.807) is 6.07 Å². The number of nitrogens with zero attached hydrogens (tertiary/aromatic N) is 4. The fourth-order valence-corrected chi connectivity index (χ4v) is 3.98. The number of aliphatic imine (C=N–C) groups is 1. The van der Waals surface area contributed by atoms with Crippen LogP contribution in [0, 0.1) is 5.82 Å². The highest BCUT2D eigenvalue weighted by molar-refractivity contribution is 6.31. The van der Waals surface area contributed by atoms with Crippen LogP contribution in [0.4, 0.5) is 4.39 Å². The van der Waals surface area contributed by atoms with Gasteiger partial charge < -0.3 is 5.32 Å². The van der Waals surface area contributed by atoms with Gasteiger partial charge in [-0.3, -0.25) is 9.56 Å². The molecule has 0 spiro atoms. The van der Waals surface area contributed by atoms with Gasteiger partial charge in [-0.2, -0.15) is 0 Å². The van der Waals surface area contributed by atoms with Gasteiger partial charge in [-0.05, 0) is 56.1 Å². The number of hydrogen-bond donors (Lipinski definition) is 1.